The third-order valence-electron chi connectivity index (χ3n) is 4.86. The largest absolute Gasteiger partial charge is 0.496 e. The summed E-state index contributed by atoms with van der Waals surface area (Å²) in [6, 6.07) is 12.0. The van der Waals surface area contributed by atoms with Crippen LogP contribution in [0.15, 0.2) is 60.0 Å². The Morgan fingerprint density at radius 1 is 1.21 bits per heavy atom. The van der Waals surface area contributed by atoms with Gasteiger partial charge in [-0.15, -0.1) is 0 Å². The minimum atomic E-state index is -3.92. The summed E-state index contributed by atoms with van der Waals surface area (Å²) in [7, 11) is -2.37. The van der Waals surface area contributed by atoms with Crippen LogP contribution in [0.3, 0.4) is 0 Å². The number of sulfonamides is 1. The lowest BCUT2D eigenvalue weighted by Gasteiger charge is -2.31. The fraction of sp³-hybridized carbons (Fsp3) is 0.286. The Kier molecular flexibility index (Phi) is 6.24. The molecular formula is C21H24N2O5S. The van der Waals surface area contributed by atoms with Gasteiger partial charge >= 0.3 is 0 Å². The number of ether oxygens (including phenoxy) is 2. The van der Waals surface area contributed by atoms with Crippen molar-refractivity contribution in [3.8, 4) is 22.6 Å². The van der Waals surface area contributed by atoms with E-state index in [-0.39, 0.29) is 16.9 Å². The van der Waals surface area contributed by atoms with Gasteiger partial charge < -0.3 is 14.4 Å². The Morgan fingerprint density at radius 2 is 1.90 bits per heavy atom. The predicted octanol–water partition coefficient (Wildman–Crippen LogP) is 2.57. The maximum Gasteiger partial charge on any atom is 0.245 e. The molecule has 1 aliphatic heterocycles. The Bertz CT molecular complexity index is 1010. The molecule has 0 unspecified atom stereocenters. The van der Waals surface area contributed by atoms with Crippen LogP contribution in [0, 0.1) is 0 Å². The Hall–Kier alpha value is -2.84. The summed E-state index contributed by atoms with van der Waals surface area (Å²) in [5.74, 6) is 0.922. The Morgan fingerprint density at radius 3 is 2.52 bits per heavy atom. The molecule has 2 N–H and O–H groups in total. The number of nitrogens with two attached hydrogens (primary N) is 1. The first-order valence-electron chi connectivity index (χ1n) is 9.21. The summed E-state index contributed by atoms with van der Waals surface area (Å²) in [4.78, 5) is 13.4. The number of carbonyl (C=O) groups excluding carboxylic acids is 1. The Labute approximate surface area is 170 Å². The number of carbonyl (C=O) groups is 1. The van der Waals surface area contributed by atoms with Gasteiger partial charge in [-0.2, -0.15) is 0 Å². The molecule has 3 rings (SSSR count). The molecule has 1 fully saturated rings. The number of rotatable bonds is 6. The standard InChI is InChI=1S/C21H24N2O5S/c1-3-21(24)23-10-8-16(9-11-23)28-17-12-15(13-18(14-17)29(22,25)26)19-6-4-5-7-20(19)27-2/h3-7,12-14,16H,1,8-11H2,2H3,(H2,22,25,26). The fourth-order valence-electron chi connectivity index (χ4n) is 3.36. The van der Waals surface area contributed by atoms with Crippen molar-refractivity contribution in [2.24, 2.45) is 5.14 Å². The maximum atomic E-state index is 12.0. The van der Waals surface area contributed by atoms with Crippen molar-refractivity contribution < 1.29 is 22.7 Å². The lowest BCUT2D eigenvalue weighted by atomic mass is 10.0. The molecule has 1 saturated heterocycles. The number of benzene rings is 2. The lowest BCUT2D eigenvalue weighted by Crippen LogP contribution is -2.41. The molecule has 7 nitrogen and oxygen atoms in total. The van der Waals surface area contributed by atoms with Crippen molar-refractivity contribution in [1.82, 2.24) is 4.90 Å². The zero-order valence-corrected chi connectivity index (χ0v) is 17.0. The van der Waals surface area contributed by atoms with Crippen molar-refractivity contribution >= 4 is 15.9 Å². The summed E-state index contributed by atoms with van der Waals surface area (Å²) in [5, 5.41) is 5.38. The maximum absolute atomic E-state index is 12.0. The molecular weight excluding hydrogens is 392 g/mol. The van der Waals surface area contributed by atoms with E-state index in [1.54, 1.807) is 24.1 Å². The van der Waals surface area contributed by atoms with E-state index in [2.05, 4.69) is 6.58 Å². The number of amides is 1. The molecule has 0 bridgehead atoms. The molecule has 0 aromatic heterocycles. The molecule has 29 heavy (non-hydrogen) atoms. The van der Waals surface area contributed by atoms with Gasteiger partial charge in [-0.1, -0.05) is 24.8 Å². The van der Waals surface area contributed by atoms with E-state index < -0.39 is 10.0 Å². The van der Waals surface area contributed by atoms with Gasteiger partial charge in [0, 0.05) is 37.6 Å². The minimum absolute atomic E-state index is 0.0322. The van der Waals surface area contributed by atoms with Gasteiger partial charge in [0.2, 0.25) is 15.9 Å². The first-order valence-corrected chi connectivity index (χ1v) is 10.8. The highest BCUT2D eigenvalue weighted by atomic mass is 32.2. The molecule has 0 spiro atoms. The molecule has 2 aromatic rings. The number of piperidine rings is 1. The number of hydrogen-bond acceptors (Lipinski definition) is 5. The zero-order chi connectivity index (χ0) is 21.0. The van der Waals surface area contributed by atoms with E-state index in [0.29, 0.717) is 43.0 Å². The second-order valence-corrected chi connectivity index (χ2v) is 8.35. The van der Waals surface area contributed by atoms with Gasteiger partial charge in [0.15, 0.2) is 0 Å². The molecule has 0 radical (unpaired) electrons. The van der Waals surface area contributed by atoms with Gasteiger partial charge in [0.25, 0.3) is 0 Å². The van der Waals surface area contributed by atoms with Crippen molar-refractivity contribution in [2.45, 2.75) is 23.8 Å². The second-order valence-electron chi connectivity index (χ2n) is 6.79. The molecule has 8 heteroatoms. The smallest absolute Gasteiger partial charge is 0.245 e. The first kappa shape index (κ1) is 20.9. The highest BCUT2D eigenvalue weighted by molar-refractivity contribution is 7.89. The number of likely N-dealkylation sites (tertiary alicyclic amines) is 1. The summed E-state index contributed by atoms with van der Waals surface area (Å²) >= 11 is 0. The second kappa shape index (κ2) is 8.67. The van der Waals surface area contributed by atoms with Crippen molar-refractivity contribution in [3.63, 3.8) is 0 Å². The highest BCUT2D eigenvalue weighted by Gasteiger charge is 2.23. The van der Waals surface area contributed by atoms with Crippen LogP contribution in [0.4, 0.5) is 0 Å². The molecule has 1 aliphatic rings. The molecule has 0 atom stereocenters. The van der Waals surface area contributed by atoms with E-state index in [4.69, 9.17) is 14.6 Å². The van der Waals surface area contributed by atoms with Crippen molar-refractivity contribution in [3.05, 3.63) is 55.1 Å². The van der Waals surface area contributed by atoms with E-state index in [1.165, 1.54) is 18.2 Å². The average molecular weight is 416 g/mol. The van der Waals surface area contributed by atoms with Gasteiger partial charge in [0.05, 0.1) is 12.0 Å². The van der Waals surface area contributed by atoms with E-state index in [0.717, 1.165) is 5.56 Å². The zero-order valence-electron chi connectivity index (χ0n) is 16.2. The van der Waals surface area contributed by atoms with E-state index in [1.807, 2.05) is 18.2 Å². The quantitative estimate of drug-likeness (QED) is 0.730. The van der Waals surface area contributed by atoms with Crippen LogP contribution in [0.5, 0.6) is 11.5 Å². The van der Waals surface area contributed by atoms with Gasteiger partial charge in [-0.25, -0.2) is 13.6 Å². The molecule has 1 amide bonds. The normalized spacial score (nSPS) is 15.0. The summed E-state index contributed by atoms with van der Waals surface area (Å²) in [6.45, 7) is 4.63. The van der Waals surface area contributed by atoms with Crippen LogP contribution in [-0.4, -0.2) is 45.5 Å². The molecule has 0 saturated carbocycles. The summed E-state index contributed by atoms with van der Waals surface area (Å²) < 4.78 is 35.5. The highest BCUT2D eigenvalue weighted by Crippen LogP contribution is 2.34. The number of primary sulfonamides is 1. The molecule has 154 valence electrons. The minimum Gasteiger partial charge on any atom is -0.496 e. The molecule has 1 heterocycles. The van der Waals surface area contributed by atoms with Gasteiger partial charge in [0.1, 0.15) is 17.6 Å². The number of hydrogen-bond donors (Lipinski definition) is 1. The van der Waals surface area contributed by atoms with Crippen LogP contribution >= 0.6 is 0 Å². The van der Waals surface area contributed by atoms with Crippen LogP contribution in [-0.2, 0) is 14.8 Å². The Balaban J connectivity index is 1.89. The van der Waals surface area contributed by atoms with E-state index in [9.17, 15) is 13.2 Å². The summed E-state index contributed by atoms with van der Waals surface area (Å²) in [5.41, 5.74) is 1.36. The molecule has 0 aliphatic carbocycles. The van der Waals surface area contributed by atoms with Gasteiger partial charge in [-0.3, -0.25) is 4.79 Å². The monoisotopic (exact) mass is 416 g/mol. The number of para-hydroxylation sites is 1. The van der Waals surface area contributed by atoms with Crippen LogP contribution < -0.4 is 14.6 Å². The lowest BCUT2D eigenvalue weighted by molar-refractivity contribution is -0.127. The van der Waals surface area contributed by atoms with Crippen molar-refractivity contribution in [2.75, 3.05) is 20.2 Å². The van der Waals surface area contributed by atoms with Crippen molar-refractivity contribution in [1.29, 1.82) is 0 Å². The van der Waals surface area contributed by atoms with Crippen LogP contribution in [0.1, 0.15) is 12.8 Å². The topological polar surface area (TPSA) is 98.9 Å². The van der Waals surface area contributed by atoms with Crippen LogP contribution in [0.2, 0.25) is 0 Å². The van der Waals surface area contributed by atoms with E-state index >= 15 is 0 Å². The fourth-order valence-corrected chi connectivity index (χ4v) is 3.93. The third-order valence-corrected chi connectivity index (χ3v) is 5.75. The van der Waals surface area contributed by atoms with Crippen LogP contribution in [0.25, 0.3) is 11.1 Å². The van der Waals surface area contributed by atoms with Gasteiger partial charge in [-0.05, 0) is 29.8 Å². The molecule has 2 aromatic carbocycles. The average Bonchev–Trinajstić information content (AvgIpc) is 2.72. The first-order chi connectivity index (χ1) is 13.8. The summed E-state index contributed by atoms with van der Waals surface area (Å²) in [6.07, 6.45) is 2.45. The SMILES string of the molecule is C=CC(=O)N1CCC(Oc2cc(-c3ccccc3OC)cc(S(N)(=O)=O)c2)CC1. The third kappa shape index (κ3) is 4.96. The number of nitrogens with zero attached hydrogens (tertiary/aromatic N) is 1. The number of methoxy groups -OCH3 is 1. The predicted molar refractivity (Wildman–Crippen MR) is 110 cm³/mol.